The lowest BCUT2D eigenvalue weighted by Crippen LogP contribution is -2.03. The van der Waals surface area contributed by atoms with E-state index in [1.807, 2.05) is 17.8 Å². The van der Waals surface area contributed by atoms with Crippen LogP contribution in [0.2, 0.25) is 0 Å². The molecule has 12 heavy (non-hydrogen) atoms. The second kappa shape index (κ2) is 3.11. The van der Waals surface area contributed by atoms with E-state index in [1.165, 1.54) is 17.7 Å². The van der Waals surface area contributed by atoms with Crippen LogP contribution in [-0.4, -0.2) is 12.0 Å². The van der Waals surface area contributed by atoms with Gasteiger partial charge in [-0.25, -0.2) is 0 Å². The predicted octanol–water partition coefficient (Wildman–Crippen LogP) is 2.92. The van der Waals surface area contributed by atoms with E-state index in [9.17, 15) is 0 Å². The Morgan fingerprint density at radius 2 is 1.92 bits per heavy atom. The number of hydrogen-bond acceptors (Lipinski definition) is 2. The largest absolute Gasteiger partial charge is 0.367 e. The molecule has 0 atom stereocenters. The van der Waals surface area contributed by atoms with Crippen molar-refractivity contribution in [2.24, 2.45) is 0 Å². The maximum Gasteiger partial charge on any atom is 0.118 e. The second-order valence-corrected chi connectivity index (χ2v) is 4.45. The molecule has 0 aromatic heterocycles. The molecule has 64 valence electrons. The Balaban J connectivity index is 2.04. The molecule has 0 aliphatic heterocycles. The zero-order chi connectivity index (χ0) is 8.44. The van der Waals surface area contributed by atoms with Gasteiger partial charge in [0.15, 0.2) is 0 Å². The Bertz CT molecular complexity index is 254. The summed E-state index contributed by atoms with van der Waals surface area (Å²) < 4.78 is 5.42. The fourth-order valence-corrected chi connectivity index (χ4v) is 2.27. The molecule has 1 aromatic rings. The SMILES string of the molecule is COC1(Sc2ccccc2)CC1. The number of methoxy groups -OCH3 is 1. The molecule has 1 fully saturated rings. The summed E-state index contributed by atoms with van der Waals surface area (Å²) >= 11 is 1.83. The van der Waals surface area contributed by atoms with Gasteiger partial charge in [0.05, 0.1) is 0 Å². The van der Waals surface area contributed by atoms with Crippen LogP contribution < -0.4 is 0 Å². The third-order valence-corrected chi connectivity index (χ3v) is 3.53. The first kappa shape index (κ1) is 8.14. The van der Waals surface area contributed by atoms with Crippen LogP contribution in [0.1, 0.15) is 12.8 Å². The Hall–Kier alpha value is -0.470. The van der Waals surface area contributed by atoms with Crippen LogP contribution in [0, 0.1) is 0 Å². The first-order valence-corrected chi connectivity index (χ1v) is 4.95. The van der Waals surface area contributed by atoms with E-state index in [2.05, 4.69) is 24.3 Å². The highest BCUT2D eigenvalue weighted by atomic mass is 32.2. The summed E-state index contributed by atoms with van der Waals surface area (Å²) in [5.41, 5.74) is 0. The molecular formula is C10H12OS. The molecule has 1 aliphatic rings. The lowest BCUT2D eigenvalue weighted by Gasteiger charge is -2.11. The minimum Gasteiger partial charge on any atom is -0.367 e. The number of benzene rings is 1. The van der Waals surface area contributed by atoms with Crippen molar-refractivity contribution in [3.63, 3.8) is 0 Å². The summed E-state index contributed by atoms with van der Waals surface area (Å²) in [5, 5.41) is 0. The average Bonchev–Trinajstić information content (AvgIpc) is 2.88. The summed E-state index contributed by atoms with van der Waals surface area (Å²) in [7, 11) is 1.79. The van der Waals surface area contributed by atoms with Gasteiger partial charge in [-0.3, -0.25) is 0 Å². The summed E-state index contributed by atoms with van der Waals surface area (Å²) in [6.45, 7) is 0. The van der Waals surface area contributed by atoms with Crippen molar-refractivity contribution < 1.29 is 4.74 Å². The van der Waals surface area contributed by atoms with Gasteiger partial charge < -0.3 is 4.74 Å². The van der Waals surface area contributed by atoms with Crippen LogP contribution in [0.3, 0.4) is 0 Å². The summed E-state index contributed by atoms with van der Waals surface area (Å²) in [4.78, 5) is 1.42. The lowest BCUT2D eigenvalue weighted by molar-refractivity contribution is 0.156. The minimum atomic E-state index is 0.112. The molecule has 2 heteroatoms. The van der Waals surface area contributed by atoms with Crippen molar-refractivity contribution in [1.82, 2.24) is 0 Å². The molecule has 0 N–H and O–H groups in total. The van der Waals surface area contributed by atoms with Gasteiger partial charge in [0.25, 0.3) is 0 Å². The number of rotatable bonds is 3. The second-order valence-electron chi connectivity index (χ2n) is 3.03. The van der Waals surface area contributed by atoms with Crippen molar-refractivity contribution in [1.29, 1.82) is 0 Å². The maximum atomic E-state index is 5.42. The van der Waals surface area contributed by atoms with Crippen molar-refractivity contribution in [2.75, 3.05) is 7.11 Å². The molecule has 0 saturated heterocycles. The van der Waals surface area contributed by atoms with Crippen molar-refractivity contribution in [3.05, 3.63) is 30.3 Å². The van der Waals surface area contributed by atoms with Crippen LogP contribution >= 0.6 is 11.8 Å². The van der Waals surface area contributed by atoms with E-state index < -0.39 is 0 Å². The lowest BCUT2D eigenvalue weighted by atomic mass is 10.4. The van der Waals surface area contributed by atoms with Crippen LogP contribution in [0.15, 0.2) is 35.2 Å². The molecule has 0 unspecified atom stereocenters. The van der Waals surface area contributed by atoms with Gasteiger partial charge in [0, 0.05) is 12.0 Å². The molecule has 1 aliphatic carbocycles. The zero-order valence-electron chi connectivity index (χ0n) is 7.12. The van der Waals surface area contributed by atoms with E-state index in [4.69, 9.17) is 4.74 Å². The van der Waals surface area contributed by atoms with E-state index in [0.717, 1.165) is 0 Å². The van der Waals surface area contributed by atoms with Crippen LogP contribution in [0.5, 0.6) is 0 Å². The van der Waals surface area contributed by atoms with E-state index in [0.29, 0.717) is 0 Å². The molecule has 1 nitrogen and oxygen atoms in total. The molecule has 0 heterocycles. The normalized spacial score (nSPS) is 19.1. The number of thioether (sulfide) groups is 1. The highest BCUT2D eigenvalue weighted by Gasteiger charge is 2.44. The molecule has 1 saturated carbocycles. The van der Waals surface area contributed by atoms with Gasteiger partial charge in [-0.2, -0.15) is 0 Å². The summed E-state index contributed by atoms with van der Waals surface area (Å²) in [6, 6.07) is 10.4. The molecule has 0 radical (unpaired) electrons. The average molecular weight is 180 g/mol. The monoisotopic (exact) mass is 180 g/mol. The highest BCUT2D eigenvalue weighted by Crippen LogP contribution is 2.51. The number of hydrogen-bond donors (Lipinski definition) is 0. The first-order chi connectivity index (χ1) is 5.85. The van der Waals surface area contributed by atoms with Gasteiger partial charge >= 0.3 is 0 Å². The Kier molecular flexibility index (Phi) is 2.11. The molecule has 0 bridgehead atoms. The van der Waals surface area contributed by atoms with Crippen LogP contribution in [0.25, 0.3) is 0 Å². The number of ether oxygens (including phenoxy) is 1. The van der Waals surface area contributed by atoms with Crippen LogP contribution in [-0.2, 0) is 4.74 Å². The third kappa shape index (κ3) is 1.65. The van der Waals surface area contributed by atoms with Crippen LogP contribution in [0.4, 0.5) is 0 Å². The zero-order valence-corrected chi connectivity index (χ0v) is 7.93. The quantitative estimate of drug-likeness (QED) is 0.661. The summed E-state index contributed by atoms with van der Waals surface area (Å²) in [5.74, 6) is 0. The molecule has 0 spiro atoms. The van der Waals surface area contributed by atoms with Crippen molar-refractivity contribution in [2.45, 2.75) is 22.7 Å². The Labute approximate surface area is 77.1 Å². The first-order valence-electron chi connectivity index (χ1n) is 4.14. The summed E-state index contributed by atoms with van der Waals surface area (Å²) in [6.07, 6.45) is 2.37. The van der Waals surface area contributed by atoms with E-state index >= 15 is 0 Å². The third-order valence-electron chi connectivity index (χ3n) is 2.08. The van der Waals surface area contributed by atoms with Gasteiger partial charge in [-0.1, -0.05) is 30.0 Å². The van der Waals surface area contributed by atoms with E-state index in [1.54, 1.807) is 7.11 Å². The minimum absolute atomic E-state index is 0.112. The van der Waals surface area contributed by atoms with E-state index in [-0.39, 0.29) is 4.93 Å². The van der Waals surface area contributed by atoms with Crippen molar-refractivity contribution >= 4 is 11.8 Å². The van der Waals surface area contributed by atoms with Gasteiger partial charge in [-0.05, 0) is 25.0 Å². The van der Waals surface area contributed by atoms with Gasteiger partial charge in [-0.15, -0.1) is 0 Å². The Morgan fingerprint density at radius 3 is 2.42 bits per heavy atom. The topological polar surface area (TPSA) is 9.23 Å². The molecular weight excluding hydrogens is 168 g/mol. The molecule has 2 rings (SSSR count). The molecule has 1 aromatic carbocycles. The highest BCUT2D eigenvalue weighted by molar-refractivity contribution is 8.00. The van der Waals surface area contributed by atoms with Crippen molar-refractivity contribution in [3.8, 4) is 0 Å². The predicted molar refractivity (Wildman–Crippen MR) is 51.3 cm³/mol. The standard InChI is InChI=1S/C10H12OS/c1-11-10(7-8-10)12-9-5-3-2-4-6-9/h2-6H,7-8H2,1H3. The smallest absolute Gasteiger partial charge is 0.118 e. The van der Waals surface area contributed by atoms with Gasteiger partial charge in [0.1, 0.15) is 4.93 Å². The maximum absolute atomic E-state index is 5.42. The fraction of sp³-hybridized carbons (Fsp3) is 0.400. The fourth-order valence-electron chi connectivity index (χ4n) is 1.15. The Morgan fingerprint density at radius 1 is 1.25 bits per heavy atom. The van der Waals surface area contributed by atoms with Gasteiger partial charge in [0.2, 0.25) is 0 Å². The molecule has 0 amide bonds.